The molecule has 0 saturated heterocycles. The summed E-state index contributed by atoms with van der Waals surface area (Å²) in [7, 11) is 0. The summed E-state index contributed by atoms with van der Waals surface area (Å²) >= 11 is 0. The van der Waals surface area contributed by atoms with Crippen LogP contribution in [0.25, 0.3) is 0 Å². The molecule has 8 heteroatoms. The molecule has 0 heterocycles. The minimum Gasteiger partial charge on any atom is -0.391 e. The Kier molecular flexibility index (Phi) is 9.75. The molecule has 1 fully saturated rings. The van der Waals surface area contributed by atoms with Gasteiger partial charge >= 0.3 is 0 Å². The number of rotatable bonds is 10. The summed E-state index contributed by atoms with van der Waals surface area (Å²) in [6.07, 6.45) is 5.36. The van der Waals surface area contributed by atoms with Gasteiger partial charge in [-0.25, -0.2) is 0 Å². The van der Waals surface area contributed by atoms with E-state index in [2.05, 4.69) is 10.6 Å². The minimum absolute atomic E-state index is 0.0470. The first-order valence-electron chi connectivity index (χ1n) is 9.49. The maximum absolute atomic E-state index is 12.6. The highest BCUT2D eigenvalue weighted by Gasteiger charge is 2.31. The molecule has 7 N–H and O–H groups in total. The second kappa shape index (κ2) is 11.3. The van der Waals surface area contributed by atoms with Crippen LogP contribution in [0.5, 0.6) is 0 Å². The topological polar surface area (TPSA) is 148 Å². The van der Waals surface area contributed by atoms with E-state index in [-0.39, 0.29) is 24.8 Å². The summed E-state index contributed by atoms with van der Waals surface area (Å²) in [6, 6.07) is -2.00. The highest BCUT2D eigenvalue weighted by molar-refractivity contribution is 5.92. The molecule has 26 heavy (non-hydrogen) atoms. The molecule has 4 atom stereocenters. The van der Waals surface area contributed by atoms with E-state index in [1.165, 1.54) is 33.1 Å². The third-order valence-corrected chi connectivity index (χ3v) is 5.10. The van der Waals surface area contributed by atoms with E-state index in [9.17, 15) is 19.5 Å². The van der Waals surface area contributed by atoms with Gasteiger partial charge in [-0.1, -0.05) is 32.1 Å². The lowest BCUT2D eigenvalue weighted by atomic mass is 9.82. The number of aliphatic hydroxyl groups excluding tert-OH is 1. The molecule has 8 nitrogen and oxygen atoms in total. The Labute approximate surface area is 155 Å². The molecule has 0 radical (unpaired) electrons. The fraction of sp³-hybridized carbons (Fsp3) is 0.833. The first-order valence-corrected chi connectivity index (χ1v) is 9.49. The molecule has 0 aliphatic heterocycles. The number of nitrogens with two attached hydrogens (primary N) is 2. The van der Waals surface area contributed by atoms with E-state index in [1.807, 2.05) is 0 Å². The Morgan fingerprint density at radius 2 is 1.65 bits per heavy atom. The summed E-state index contributed by atoms with van der Waals surface area (Å²) in [5.41, 5.74) is 11.2. The summed E-state index contributed by atoms with van der Waals surface area (Å²) in [4.78, 5) is 36.4. The fourth-order valence-electron chi connectivity index (χ4n) is 3.40. The lowest BCUT2D eigenvalue weighted by molar-refractivity contribution is -0.135. The van der Waals surface area contributed by atoms with Crippen LogP contribution in [0.1, 0.15) is 52.4 Å². The molecule has 0 bridgehead atoms. The van der Waals surface area contributed by atoms with E-state index in [0.717, 1.165) is 12.8 Å². The molecule has 0 aromatic heterocycles. The maximum atomic E-state index is 12.6. The highest BCUT2D eigenvalue weighted by atomic mass is 16.3. The highest BCUT2D eigenvalue weighted by Crippen LogP contribution is 2.29. The van der Waals surface area contributed by atoms with Crippen molar-refractivity contribution < 1.29 is 19.5 Å². The monoisotopic (exact) mass is 370 g/mol. The van der Waals surface area contributed by atoms with Crippen LogP contribution >= 0.6 is 0 Å². The summed E-state index contributed by atoms with van der Waals surface area (Å²) in [6.45, 7) is 2.88. The Bertz CT molecular complexity index is 478. The standard InChI is InChI=1S/C18H34N4O4/c1-11(23)15(10-20)21-18(26)16(12(2)24)22-17(25)14(9-19)8-13-6-4-3-5-7-13/h12-16,24H,3-10,19-20H2,1-2H3,(H,21,26)(H,22,25)/t12-,14?,15-,16-/m0/s1. The van der Waals surface area contributed by atoms with Gasteiger partial charge in [-0.15, -0.1) is 0 Å². The zero-order valence-corrected chi connectivity index (χ0v) is 15.9. The molecule has 1 aliphatic carbocycles. The number of ketones is 1. The van der Waals surface area contributed by atoms with Gasteiger partial charge in [0.1, 0.15) is 6.04 Å². The van der Waals surface area contributed by atoms with Crippen molar-refractivity contribution in [1.82, 2.24) is 10.6 Å². The van der Waals surface area contributed by atoms with Crippen molar-refractivity contribution >= 4 is 17.6 Å². The first-order chi connectivity index (χ1) is 12.3. The molecule has 0 aromatic rings. The maximum Gasteiger partial charge on any atom is 0.245 e. The van der Waals surface area contributed by atoms with Crippen molar-refractivity contribution in [2.75, 3.05) is 13.1 Å². The van der Waals surface area contributed by atoms with Crippen LogP contribution in [-0.4, -0.2) is 54.0 Å². The average Bonchev–Trinajstić information content (AvgIpc) is 2.61. The van der Waals surface area contributed by atoms with Gasteiger partial charge in [0.2, 0.25) is 11.8 Å². The Morgan fingerprint density at radius 3 is 2.12 bits per heavy atom. The molecule has 0 aromatic carbocycles. The molecule has 0 spiro atoms. The van der Waals surface area contributed by atoms with E-state index < -0.39 is 30.0 Å². The SMILES string of the molecule is CC(=O)[C@H](CN)NC(=O)[C@@H](NC(=O)C(CN)CC1CCCCC1)[C@H](C)O. The van der Waals surface area contributed by atoms with Gasteiger partial charge in [-0.3, -0.25) is 14.4 Å². The number of hydrogen-bond acceptors (Lipinski definition) is 6. The van der Waals surface area contributed by atoms with Crippen molar-refractivity contribution in [2.45, 2.75) is 70.6 Å². The lowest BCUT2D eigenvalue weighted by Crippen LogP contribution is -2.58. The minimum atomic E-state index is -1.16. The smallest absolute Gasteiger partial charge is 0.245 e. The van der Waals surface area contributed by atoms with Crippen molar-refractivity contribution in [1.29, 1.82) is 0 Å². The number of aliphatic hydroxyl groups is 1. The van der Waals surface area contributed by atoms with Crippen LogP contribution in [-0.2, 0) is 14.4 Å². The van der Waals surface area contributed by atoms with Gasteiger partial charge in [0, 0.05) is 13.1 Å². The van der Waals surface area contributed by atoms with E-state index in [0.29, 0.717) is 12.3 Å². The number of carbonyl (C=O) groups excluding carboxylic acids is 3. The average molecular weight is 370 g/mol. The number of Topliss-reactive ketones (excluding diaryl/α,β-unsaturated/α-hetero) is 1. The van der Waals surface area contributed by atoms with Crippen LogP contribution in [0.4, 0.5) is 0 Å². The number of hydrogen-bond donors (Lipinski definition) is 5. The van der Waals surface area contributed by atoms with Crippen LogP contribution in [0.2, 0.25) is 0 Å². The second-order valence-electron chi connectivity index (χ2n) is 7.31. The third kappa shape index (κ3) is 7.01. The van der Waals surface area contributed by atoms with E-state index >= 15 is 0 Å². The number of carbonyl (C=O) groups is 3. The summed E-state index contributed by atoms with van der Waals surface area (Å²) in [5, 5.41) is 15.0. The Morgan fingerprint density at radius 1 is 1.04 bits per heavy atom. The predicted octanol–water partition coefficient (Wildman–Crippen LogP) is -0.570. The fourth-order valence-corrected chi connectivity index (χ4v) is 3.40. The van der Waals surface area contributed by atoms with Gasteiger partial charge in [0.15, 0.2) is 5.78 Å². The van der Waals surface area contributed by atoms with Gasteiger partial charge in [0.05, 0.1) is 18.1 Å². The molecule has 2 amide bonds. The predicted molar refractivity (Wildman–Crippen MR) is 99.0 cm³/mol. The van der Waals surface area contributed by atoms with Crippen LogP contribution in [0.15, 0.2) is 0 Å². The molecule has 1 rings (SSSR count). The zero-order valence-electron chi connectivity index (χ0n) is 15.9. The normalized spacial score (nSPS) is 19.9. The number of nitrogens with one attached hydrogen (secondary N) is 2. The molecule has 1 unspecified atom stereocenters. The Hall–Kier alpha value is -1.51. The largest absolute Gasteiger partial charge is 0.391 e. The molecular formula is C18H34N4O4. The third-order valence-electron chi connectivity index (χ3n) is 5.10. The first kappa shape index (κ1) is 22.5. The van der Waals surface area contributed by atoms with Crippen LogP contribution < -0.4 is 22.1 Å². The molecule has 1 aliphatic rings. The van der Waals surface area contributed by atoms with Crippen LogP contribution in [0, 0.1) is 11.8 Å². The second-order valence-corrected chi connectivity index (χ2v) is 7.31. The molecule has 150 valence electrons. The van der Waals surface area contributed by atoms with Gasteiger partial charge < -0.3 is 27.2 Å². The van der Waals surface area contributed by atoms with Crippen LogP contribution in [0.3, 0.4) is 0 Å². The van der Waals surface area contributed by atoms with E-state index in [4.69, 9.17) is 11.5 Å². The zero-order chi connectivity index (χ0) is 19.7. The van der Waals surface area contributed by atoms with Crippen molar-refractivity contribution in [3.63, 3.8) is 0 Å². The summed E-state index contributed by atoms with van der Waals surface area (Å²) < 4.78 is 0. The van der Waals surface area contributed by atoms with Gasteiger partial charge in [-0.2, -0.15) is 0 Å². The van der Waals surface area contributed by atoms with Gasteiger partial charge in [0.25, 0.3) is 0 Å². The van der Waals surface area contributed by atoms with Crippen molar-refractivity contribution in [2.24, 2.45) is 23.3 Å². The molecule has 1 saturated carbocycles. The van der Waals surface area contributed by atoms with Crippen molar-refractivity contribution in [3.8, 4) is 0 Å². The Balaban J connectivity index is 2.69. The molecular weight excluding hydrogens is 336 g/mol. The summed E-state index contributed by atoms with van der Waals surface area (Å²) in [5.74, 6) is -1.18. The van der Waals surface area contributed by atoms with Crippen molar-refractivity contribution in [3.05, 3.63) is 0 Å². The lowest BCUT2D eigenvalue weighted by Gasteiger charge is -2.28. The van der Waals surface area contributed by atoms with Gasteiger partial charge in [-0.05, 0) is 26.2 Å². The number of amides is 2. The van der Waals surface area contributed by atoms with E-state index in [1.54, 1.807) is 0 Å². The quantitative estimate of drug-likeness (QED) is 0.348.